The molecule has 0 aromatic heterocycles. The van der Waals surface area contributed by atoms with Crippen molar-refractivity contribution in [1.82, 2.24) is 0 Å². The molecule has 0 amide bonds. The molecule has 0 radical (unpaired) electrons. The normalized spacial score (nSPS) is 16.5. The van der Waals surface area contributed by atoms with E-state index in [1.807, 2.05) is 0 Å². The van der Waals surface area contributed by atoms with Crippen LogP contribution in [0.5, 0.6) is 0 Å². The Hall–Kier alpha value is 0.440. The fraction of sp³-hybridized carbons (Fsp3) is 1.00. The number of aliphatic hydroxyl groups is 1. The molecule has 0 aliphatic heterocycles. The van der Waals surface area contributed by atoms with E-state index in [-0.39, 0.29) is 6.10 Å². The Labute approximate surface area is 84.7 Å². The van der Waals surface area contributed by atoms with Gasteiger partial charge in [0, 0.05) is 5.33 Å². The molecule has 0 bridgehead atoms. The molecular weight excluding hydrogens is 216 g/mol. The molecule has 2 atom stereocenters. The van der Waals surface area contributed by atoms with E-state index >= 15 is 0 Å². The first-order valence-corrected chi connectivity index (χ1v) is 5.94. The number of hydrogen-bond donors (Lipinski definition) is 1. The molecule has 0 fully saturated rings. The monoisotopic (exact) mass is 236 g/mol. The van der Waals surface area contributed by atoms with Crippen molar-refractivity contribution in [3.63, 3.8) is 0 Å². The second kappa shape index (κ2) is 6.90. The first kappa shape index (κ1) is 12.4. The fourth-order valence-electron chi connectivity index (χ4n) is 1.12. The van der Waals surface area contributed by atoms with Crippen molar-refractivity contribution < 1.29 is 5.11 Å². The molecule has 0 rings (SSSR count). The highest BCUT2D eigenvalue weighted by Crippen LogP contribution is 2.16. The summed E-state index contributed by atoms with van der Waals surface area (Å²) in [5.41, 5.74) is 0. The van der Waals surface area contributed by atoms with E-state index in [2.05, 4.69) is 36.7 Å². The standard InChI is InChI=1S/C10H21BrO/c1-8(2)10(12)5-4-9(3)6-7-11/h8-10,12H,4-7H2,1-3H3. The molecule has 0 aliphatic carbocycles. The van der Waals surface area contributed by atoms with Crippen LogP contribution < -0.4 is 0 Å². The molecular formula is C10H21BrO. The lowest BCUT2D eigenvalue weighted by molar-refractivity contribution is 0.109. The molecule has 0 spiro atoms. The van der Waals surface area contributed by atoms with Crippen LogP contribution in [0.4, 0.5) is 0 Å². The van der Waals surface area contributed by atoms with Crippen LogP contribution in [0.1, 0.15) is 40.0 Å². The number of alkyl halides is 1. The summed E-state index contributed by atoms with van der Waals surface area (Å²) in [6.45, 7) is 6.38. The SMILES string of the molecule is CC(CCBr)CCC(O)C(C)C. The van der Waals surface area contributed by atoms with Gasteiger partial charge in [-0.3, -0.25) is 0 Å². The number of hydrogen-bond acceptors (Lipinski definition) is 1. The minimum Gasteiger partial charge on any atom is -0.393 e. The van der Waals surface area contributed by atoms with E-state index in [9.17, 15) is 5.11 Å². The maximum atomic E-state index is 9.53. The molecule has 0 heterocycles. The van der Waals surface area contributed by atoms with Crippen LogP contribution >= 0.6 is 15.9 Å². The van der Waals surface area contributed by atoms with Gasteiger partial charge in [-0.25, -0.2) is 0 Å². The molecule has 0 aromatic carbocycles. The Morgan fingerprint density at radius 3 is 2.08 bits per heavy atom. The van der Waals surface area contributed by atoms with E-state index < -0.39 is 0 Å². The van der Waals surface area contributed by atoms with Gasteiger partial charge in [-0.2, -0.15) is 0 Å². The van der Waals surface area contributed by atoms with E-state index in [1.165, 1.54) is 6.42 Å². The third-order valence-corrected chi connectivity index (χ3v) is 2.78. The summed E-state index contributed by atoms with van der Waals surface area (Å²) < 4.78 is 0. The molecule has 1 nitrogen and oxygen atoms in total. The molecule has 0 aromatic rings. The van der Waals surface area contributed by atoms with Gasteiger partial charge in [0.15, 0.2) is 0 Å². The Balaban J connectivity index is 3.40. The summed E-state index contributed by atoms with van der Waals surface area (Å²) in [7, 11) is 0. The quantitative estimate of drug-likeness (QED) is 0.703. The van der Waals surface area contributed by atoms with Crippen LogP contribution in [0, 0.1) is 11.8 Å². The van der Waals surface area contributed by atoms with E-state index in [0.717, 1.165) is 24.1 Å². The van der Waals surface area contributed by atoms with Gasteiger partial charge in [0.1, 0.15) is 0 Å². The number of aliphatic hydroxyl groups excluding tert-OH is 1. The maximum absolute atomic E-state index is 9.53. The smallest absolute Gasteiger partial charge is 0.0563 e. The first-order chi connectivity index (χ1) is 5.57. The topological polar surface area (TPSA) is 20.2 Å². The zero-order valence-corrected chi connectivity index (χ0v) is 9.97. The molecule has 0 aliphatic rings. The third-order valence-electron chi connectivity index (χ3n) is 2.33. The lowest BCUT2D eigenvalue weighted by atomic mass is 9.96. The Bertz CT molecular complexity index is 104. The van der Waals surface area contributed by atoms with Crippen molar-refractivity contribution in [2.24, 2.45) is 11.8 Å². The van der Waals surface area contributed by atoms with Crippen LogP contribution in [0.15, 0.2) is 0 Å². The summed E-state index contributed by atoms with van der Waals surface area (Å²) in [5.74, 6) is 1.14. The molecule has 0 saturated heterocycles. The second-order valence-electron chi connectivity index (χ2n) is 3.97. The predicted molar refractivity (Wildman–Crippen MR) is 57.7 cm³/mol. The van der Waals surface area contributed by atoms with Crippen molar-refractivity contribution >= 4 is 15.9 Å². The van der Waals surface area contributed by atoms with Crippen LogP contribution in [-0.2, 0) is 0 Å². The zero-order chi connectivity index (χ0) is 9.56. The zero-order valence-electron chi connectivity index (χ0n) is 8.39. The first-order valence-electron chi connectivity index (χ1n) is 4.82. The molecule has 74 valence electrons. The van der Waals surface area contributed by atoms with Crippen LogP contribution in [0.25, 0.3) is 0 Å². The highest BCUT2D eigenvalue weighted by atomic mass is 79.9. The highest BCUT2D eigenvalue weighted by Gasteiger charge is 2.10. The highest BCUT2D eigenvalue weighted by molar-refractivity contribution is 9.09. The average molecular weight is 237 g/mol. The lowest BCUT2D eigenvalue weighted by Crippen LogP contribution is -2.15. The number of halogens is 1. The summed E-state index contributed by atoms with van der Waals surface area (Å²) >= 11 is 3.42. The summed E-state index contributed by atoms with van der Waals surface area (Å²) in [6, 6.07) is 0. The minimum atomic E-state index is -0.109. The van der Waals surface area contributed by atoms with Crippen LogP contribution in [0.2, 0.25) is 0 Å². The van der Waals surface area contributed by atoms with Gasteiger partial charge >= 0.3 is 0 Å². The van der Waals surface area contributed by atoms with Crippen LogP contribution in [-0.4, -0.2) is 16.5 Å². The van der Waals surface area contributed by atoms with Gasteiger partial charge in [-0.1, -0.05) is 36.7 Å². The van der Waals surface area contributed by atoms with E-state index in [0.29, 0.717) is 5.92 Å². The Morgan fingerprint density at radius 2 is 1.67 bits per heavy atom. The molecule has 2 unspecified atom stereocenters. The fourth-order valence-corrected chi connectivity index (χ4v) is 1.90. The summed E-state index contributed by atoms with van der Waals surface area (Å²) in [4.78, 5) is 0. The van der Waals surface area contributed by atoms with Crippen molar-refractivity contribution in [2.75, 3.05) is 5.33 Å². The number of rotatable bonds is 6. The van der Waals surface area contributed by atoms with Crippen molar-refractivity contribution in [2.45, 2.75) is 46.1 Å². The van der Waals surface area contributed by atoms with Gasteiger partial charge in [-0.05, 0) is 31.1 Å². The van der Waals surface area contributed by atoms with Gasteiger partial charge in [-0.15, -0.1) is 0 Å². The second-order valence-corrected chi connectivity index (χ2v) is 4.76. The maximum Gasteiger partial charge on any atom is 0.0563 e. The van der Waals surface area contributed by atoms with Gasteiger partial charge in [0.2, 0.25) is 0 Å². The molecule has 12 heavy (non-hydrogen) atoms. The van der Waals surface area contributed by atoms with E-state index in [4.69, 9.17) is 0 Å². The molecule has 2 heteroatoms. The average Bonchev–Trinajstić information content (AvgIpc) is 2.00. The lowest BCUT2D eigenvalue weighted by Gasteiger charge is -2.16. The van der Waals surface area contributed by atoms with Crippen molar-refractivity contribution in [1.29, 1.82) is 0 Å². The molecule has 0 saturated carbocycles. The van der Waals surface area contributed by atoms with Crippen molar-refractivity contribution in [3.05, 3.63) is 0 Å². The largest absolute Gasteiger partial charge is 0.393 e. The Morgan fingerprint density at radius 1 is 1.08 bits per heavy atom. The van der Waals surface area contributed by atoms with E-state index in [1.54, 1.807) is 0 Å². The Kier molecular flexibility index (Phi) is 7.16. The summed E-state index contributed by atoms with van der Waals surface area (Å²) in [5, 5.41) is 10.6. The van der Waals surface area contributed by atoms with Gasteiger partial charge in [0.05, 0.1) is 6.10 Å². The van der Waals surface area contributed by atoms with Gasteiger partial charge < -0.3 is 5.11 Å². The van der Waals surface area contributed by atoms with Gasteiger partial charge in [0.25, 0.3) is 0 Å². The van der Waals surface area contributed by atoms with Crippen LogP contribution in [0.3, 0.4) is 0 Å². The minimum absolute atomic E-state index is 0.109. The summed E-state index contributed by atoms with van der Waals surface area (Å²) in [6.07, 6.45) is 3.20. The third kappa shape index (κ3) is 6.01. The molecule has 1 N–H and O–H groups in total. The van der Waals surface area contributed by atoms with Crippen molar-refractivity contribution in [3.8, 4) is 0 Å². The predicted octanol–water partition coefficient (Wildman–Crippen LogP) is 3.20.